The number of rotatable bonds is 2. The largest absolute Gasteiger partial charge is 0.416 e. The van der Waals surface area contributed by atoms with Crippen molar-refractivity contribution in [3.63, 3.8) is 0 Å². The first-order chi connectivity index (χ1) is 15.5. The Kier molecular flexibility index (Phi) is 5.13. The smallest absolute Gasteiger partial charge is 0.351 e. The summed E-state index contributed by atoms with van der Waals surface area (Å²) >= 11 is 0. The molecule has 168 valence electrons. The average molecular weight is 449 g/mol. The van der Waals surface area contributed by atoms with Crippen LogP contribution in [0.25, 0.3) is 6.08 Å². The molecule has 0 amide bonds. The summed E-state index contributed by atoms with van der Waals surface area (Å²) in [5, 5.41) is 20.6. The minimum absolute atomic E-state index is 0.185. The van der Waals surface area contributed by atoms with Crippen molar-refractivity contribution in [1.82, 2.24) is 0 Å². The molecular weight excluding hydrogens is 427 g/mol. The molecular formula is C26H22F3N3O. The molecule has 2 aromatic rings. The number of Topliss-reactive ketones (excluding diaryl/α,β-unsaturated/α-hetero) is 1. The van der Waals surface area contributed by atoms with E-state index in [1.807, 2.05) is 35.2 Å². The molecule has 0 aliphatic carbocycles. The Morgan fingerprint density at radius 3 is 2.15 bits per heavy atom. The maximum Gasteiger partial charge on any atom is 0.416 e. The number of carbonyl (C=O) groups excluding carboxylic acids is 1. The van der Waals surface area contributed by atoms with Crippen LogP contribution in [0, 0.1) is 33.5 Å². The lowest BCUT2D eigenvalue weighted by atomic mass is 9.67. The summed E-state index contributed by atoms with van der Waals surface area (Å²) < 4.78 is 39.5. The Balaban J connectivity index is 1.98. The van der Waals surface area contributed by atoms with Gasteiger partial charge in [-0.25, -0.2) is 0 Å². The first-order valence-electron chi connectivity index (χ1n) is 10.6. The normalized spacial score (nSPS) is 23.3. The predicted octanol–water partition coefficient (Wildman–Crippen LogP) is 5.72. The number of nitriles is 2. The molecule has 33 heavy (non-hydrogen) atoms. The molecule has 4 rings (SSSR count). The fourth-order valence-corrected chi connectivity index (χ4v) is 4.93. The Morgan fingerprint density at radius 2 is 1.61 bits per heavy atom. The minimum atomic E-state index is -4.52. The van der Waals surface area contributed by atoms with E-state index in [1.54, 1.807) is 26.8 Å². The lowest BCUT2D eigenvalue weighted by Gasteiger charge is -2.37. The summed E-state index contributed by atoms with van der Waals surface area (Å²) in [6.07, 6.45) is -0.939. The Labute approximate surface area is 190 Å². The number of halogens is 3. The molecule has 0 bridgehead atoms. The molecule has 0 spiro atoms. The summed E-state index contributed by atoms with van der Waals surface area (Å²) in [6.45, 7) is 5.29. The lowest BCUT2D eigenvalue weighted by Crippen LogP contribution is -2.47. The highest BCUT2D eigenvalue weighted by atomic mass is 19.4. The van der Waals surface area contributed by atoms with E-state index >= 15 is 0 Å². The van der Waals surface area contributed by atoms with E-state index in [1.165, 1.54) is 12.1 Å². The van der Waals surface area contributed by atoms with Gasteiger partial charge in [0.2, 0.25) is 0 Å². The molecule has 0 N–H and O–H groups in total. The monoisotopic (exact) mass is 449 g/mol. The number of ketones is 1. The SMILES string of the molecule is CC(C)(C)C(=O)[C@@H]1[C@@H](c2ccc(C(F)(F)F)cc2)C(C#N)(C#N)[C@H]2C=Cc3ccccc3N12. The second-order valence-corrected chi connectivity index (χ2v) is 9.52. The molecule has 0 saturated carbocycles. The Bertz CT molecular complexity index is 1200. The van der Waals surface area contributed by atoms with Gasteiger partial charge in [-0.15, -0.1) is 0 Å². The van der Waals surface area contributed by atoms with Gasteiger partial charge >= 0.3 is 6.18 Å². The number of carbonyl (C=O) groups is 1. The standard InChI is InChI=1S/C26H22F3N3O/c1-24(2,3)23(33)22-21(17-8-11-18(12-9-17)26(27,28)29)25(14-30,15-31)20-13-10-16-6-4-5-7-19(16)32(20)22/h4-13,20-22H,1-3H3/t20-,21-,22+/m1/s1. The molecule has 0 aromatic heterocycles. The van der Waals surface area contributed by atoms with Gasteiger partial charge in [-0.3, -0.25) is 4.79 Å². The molecule has 0 unspecified atom stereocenters. The zero-order chi connectivity index (χ0) is 24.2. The van der Waals surface area contributed by atoms with Crippen LogP contribution in [-0.2, 0) is 11.0 Å². The second kappa shape index (κ2) is 7.49. The minimum Gasteiger partial charge on any atom is -0.351 e. The number of hydrogen-bond acceptors (Lipinski definition) is 4. The number of benzene rings is 2. The quantitative estimate of drug-likeness (QED) is 0.588. The van der Waals surface area contributed by atoms with Crippen LogP contribution in [0.3, 0.4) is 0 Å². The van der Waals surface area contributed by atoms with Gasteiger partial charge in [-0.05, 0) is 29.3 Å². The maximum atomic E-state index is 13.8. The van der Waals surface area contributed by atoms with Crippen LogP contribution >= 0.6 is 0 Å². The van der Waals surface area contributed by atoms with Gasteiger partial charge in [0, 0.05) is 17.0 Å². The number of hydrogen-bond donors (Lipinski definition) is 0. The molecule has 4 nitrogen and oxygen atoms in total. The summed E-state index contributed by atoms with van der Waals surface area (Å²) in [7, 11) is 0. The van der Waals surface area contributed by atoms with Gasteiger partial charge in [-0.2, -0.15) is 23.7 Å². The van der Waals surface area contributed by atoms with Crippen molar-refractivity contribution in [3.8, 4) is 12.1 Å². The van der Waals surface area contributed by atoms with Crippen molar-refractivity contribution in [2.45, 2.75) is 44.9 Å². The Morgan fingerprint density at radius 1 is 1.00 bits per heavy atom. The van der Waals surface area contributed by atoms with Gasteiger partial charge in [0.25, 0.3) is 0 Å². The van der Waals surface area contributed by atoms with E-state index in [9.17, 15) is 28.5 Å². The first kappa shape index (κ1) is 22.6. The van der Waals surface area contributed by atoms with Gasteiger partial charge < -0.3 is 4.90 Å². The third kappa shape index (κ3) is 3.40. The molecule has 2 aliphatic heterocycles. The third-order valence-corrected chi connectivity index (χ3v) is 6.52. The molecule has 0 radical (unpaired) electrons. The molecule has 1 fully saturated rings. The second-order valence-electron chi connectivity index (χ2n) is 9.52. The number of alkyl halides is 3. The highest BCUT2D eigenvalue weighted by Gasteiger charge is 2.64. The van der Waals surface area contributed by atoms with Crippen LogP contribution in [0.2, 0.25) is 0 Å². The highest BCUT2D eigenvalue weighted by molar-refractivity contribution is 5.96. The van der Waals surface area contributed by atoms with E-state index in [0.29, 0.717) is 5.56 Å². The van der Waals surface area contributed by atoms with Gasteiger partial charge in [0.1, 0.15) is 0 Å². The van der Waals surface area contributed by atoms with Gasteiger partial charge in [-0.1, -0.05) is 63.3 Å². The molecule has 2 aliphatic rings. The van der Waals surface area contributed by atoms with Crippen LogP contribution in [0.1, 0.15) is 43.4 Å². The van der Waals surface area contributed by atoms with E-state index < -0.39 is 40.6 Å². The predicted molar refractivity (Wildman–Crippen MR) is 118 cm³/mol. The lowest BCUT2D eigenvalue weighted by molar-refractivity contribution is -0.137. The molecule has 3 atom stereocenters. The van der Waals surface area contributed by atoms with Crippen LogP contribution in [0.15, 0.2) is 54.6 Å². The van der Waals surface area contributed by atoms with Crippen molar-refractivity contribution < 1.29 is 18.0 Å². The number of anilines is 1. The number of para-hydroxylation sites is 1. The van der Waals surface area contributed by atoms with Crippen molar-refractivity contribution in [1.29, 1.82) is 10.5 Å². The molecule has 1 saturated heterocycles. The van der Waals surface area contributed by atoms with Gasteiger partial charge in [0.15, 0.2) is 11.2 Å². The summed E-state index contributed by atoms with van der Waals surface area (Å²) in [6, 6.07) is 14.5. The van der Waals surface area contributed by atoms with Crippen LogP contribution in [-0.4, -0.2) is 17.9 Å². The fraction of sp³-hybridized carbons (Fsp3) is 0.346. The topological polar surface area (TPSA) is 67.9 Å². The molecule has 2 aromatic carbocycles. The van der Waals surface area contributed by atoms with Crippen molar-refractivity contribution in [2.75, 3.05) is 4.90 Å². The summed E-state index contributed by atoms with van der Waals surface area (Å²) in [5.41, 5.74) is -1.39. The molecule has 2 heterocycles. The van der Waals surface area contributed by atoms with Crippen molar-refractivity contribution >= 4 is 17.5 Å². The number of nitrogens with zero attached hydrogens (tertiary/aromatic N) is 3. The fourth-order valence-electron chi connectivity index (χ4n) is 4.93. The van der Waals surface area contributed by atoms with E-state index in [0.717, 1.165) is 23.4 Å². The third-order valence-electron chi connectivity index (χ3n) is 6.52. The highest BCUT2D eigenvalue weighted by Crippen LogP contribution is 2.56. The van der Waals surface area contributed by atoms with Gasteiger partial charge in [0.05, 0.1) is 29.8 Å². The van der Waals surface area contributed by atoms with E-state index in [2.05, 4.69) is 12.1 Å². The maximum absolute atomic E-state index is 13.8. The average Bonchev–Trinajstić information content (AvgIpc) is 3.08. The zero-order valence-electron chi connectivity index (χ0n) is 18.4. The van der Waals surface area contributed by atoms with Crippen molar-refractivity contribution in [2.24, 2.45) is 10.8 Å². The first-order valence-corrected chi connectivity index (χ1v) is 10.6. The summed E-state index contributed by atoms with van der Waals surface area (Å²) in [5.74, 6) is -1.13. The zero-order valence-corrected chi connectivity index (χ0v) is 18.4. The Hall–Kier alpha value is -3.58. The van der Waals surface area contributed by atoms with Crippen molar-refractivity contribution in [3.05, 3.63) is 71.3 Å². The van der Waals surface area contributed by atoms with E-state index in [4.69, 9.17) is 0 Å². The van der Waals surface area contributed by atoms with E-state index in [-0.39, 0.29) is 5.78 Å². The molecule has 7 heteroatoms. The number of fused-ring (bicyclic) bond motifs is 3. The van der Waals surface area contributed by atoms with Crippen LogP contribution in [0.5, 0.6) is 0 Å². The van der Waals surface area contributed by atoms with Crippen LogP contribution in [0.4, 0.5) is 18.9 Å². The van der Waals surface area contributed by atoms with Crippen LogP contribution < -0.4 is 4.90 Å². The summed E-state index contributed by atoms with van der Waals surface area (Å²) in [4.78, 5) is 15.6.